The highest BCUT2D eigenvalue weighted by Crippen LogP contribution is 1.97. The molecule has 0 radical (unpaired) electrons. The monoisotopic (exact) mass is 394 g/mol. The van der Waals surface area contributed by atoms with Crippen molar-refractivity contribution in [3.63, 3.8) is 0 Å². The van der Waals surface area contributed by atoms with Crippen LogP contribution in [0.3, 0.4) is 0 Å². The fraction of sp³-hybridized carbons (Fsp3) is 0.692. The van der Waals surface area contributed by atoms with Crippen LogP contribution < -0.4 is 27.5 Å². The van der Waals surface area contributed by atoms with E-state index in [1.165, 1.54) is 11.9 Å². The van der Waals surface area contributed by atoms with Crippen molar-refractivity contribution in [3.05, 3.63) is 0 Å². The Kier molecular flexibility index (Phi) is 10.6. The molecule has 26 heavy (non-hydrogen) atoms. The Hall–Kier alpha value is -2.06. The number of hydrogen-bond donors (Lipinski definition) is 8. The summed E-state index contributed by atoms with van der Waals surface area (Å²) in [6.45, 7) is 0.733. The second-order valence-electron chi connectivity index (χ2n) is 5.68. The lowest BCUT2D eigenvalue weighted by Gasteiger charge is -2.28. The van der Waals surface area contributed by atoms with Gasteiger partial charge in [-0.2, -0.15) is 0 Å². The van der Waals surface area contributed by atoms with Crippen LogP contribution in [0.1, 0.15) is 13.3 Å². The van der Waals surface area contributed by atoms with Gasteiger partial charge in [-0.1, -0.05) is 12.2 Å². The van der Waals surface area contributed by atoms with Crippen LogP contribution in [0.25, 0.3) is 0 Å². The molecule has 0 rings (SSSR count). The number of rotatable bonds is 11. The second kappa shape index (κ2) is 11.5. The minimum absolute atomic E-state index is 0.0554. The average Bonchev–Trinajstić information content (AvgIpc) is 2.50. The number of nitrogens with zero attached hydrogens (tertiary/aromatic N) is 1. The molecule has 0 aromatic rings. The molecule has 13 heteroatoms. The van der Waals surface area contributed by atoms with Crippen molar-refractivity contribution in [3.8, 4) is 0 Å². The van der Waals surface area contributed by atoms with E-state index in [4.69, 9.17) is 33.9 Å². The molecule has 0 aromatic heterocycles. The Morgan fingerprint density at radius 3 is 2.27 bits per heavy atom. The molecular formula is C13H26N6O6S. The van der Waals surface area contributed by atoms with E-state index < -0.39 is 48.7 Å². The van der Waals surface area contributed by atoms with Crippen LogP contribution in [-0.4, -0.2) is 87.7 Å². The summed E-state index contributed by atoms with van der Waals surface area (Å²) in [4.78, 5) is 34.0. The van der Waals surface area contributed by atoms with Crippen molar-refractivity contribution in [1.82, 2.24) is 21.1 Å². The summed E-state index contributed by atoms with van der Waals surface area (Å²) in [6, 6.07) is -3.98. The Bertz CT molecular complexity index is 519. The van der Waals surface area contributed by atoms with Crippen molar-refractivity contribution < 1.29 is 29.7 Å². The fourth-order valence-electron chi connectivity index (χ4n) is 1.83. The molecule has 12 nitrogen and oxygen atoms in total. The van der Waals surface area contributed by atoms with Crippen LogP contribution in [0.15, 0.2) is 0 Å². The lowest BCUT2D eigenvalue weighted by atomic mass is 10.2. The minimum Gasteiger partial charge on any atom is -0.480 e. The number of carbonyl (C=O) groups excluding carboxylic acids is 2. The topological polar surface area (TPSA) is 203 Å². The van der Waals surface area contributed by atoms with Crippen LogP contribution in [0.2, 0.25) is 0 Å². The van der Waals surface area contributed by atoms with E-state index in [9.17, 15) is 19.5 Å². The third kappa shape index (κ3) is 9.43. The number of thiocarbonyl (C=S) groups is 1. The minimum atomic E-state index is -1.49. The number of amides is 3. The molecule has 0 bridgehead atoms. The normalized spacial score (nSPS) is 15.5. The predicted molar refractivity (Wildman–Crippen MR) is 95.8 cm³/mol. The molecule has 4 atom stereocenters. The van der Waals surface area contributed by atoms with Gasteiger partial charge in [0.2, 0.25) is 5.91 Å². The van der Waals surface area contributed by atoms with E-state index in [1.54, 1.807) is 7.05 Å². The Balaban J connectivity index is 4.78. The molecule has 0 spiro atoms. The van der Waals surface area contributed by atoms with Crippen molar-refractivity contribution in [1.29, 1.82) is 0 Å². The number of aliphatic carboxylic acids is 1. The number of primary amides is 1. The van der Waals surface area contributed by atoms with E-state index in [0.717, 1.165) is 0 Å². The molecule has 0 saturated heterocycles. The van der Waals surface area contributed by atoms with Gasteiger partial charge >= 0.3 is 12.0 Å². The van der Waals surface area contributed by atoms with Crippen LogP contribution >= 0.6 is 12.2 Å². The smallest absolute Gasteiger partial charge is 0.328 e. The van der Waals surface area contributed by atoms with Gasteiger partial charge in [0.1, 0.15) is 4.99 Å². The number of carboxylic acids is 1. The molecule has 0 saturated carbocycles. The van der Waals surface area contributed by atoms with Crippen molar-refractivity contribution in [2.75, 3.05) is 20.2 Å². The van der Waals surface area contributed by atoms with E-state index in [1.807, 2.05) is 5.32 Å². The number of urea groups is 1. The number of carbonyl (C=O) groups is 3. The maximum atomic E-state index is 11.8. The molecule has 3 amide bonds. The summed E-state index contributed by atoms with van der Waals surface area (Å²) in [5, 5.41) is 33.0. The van der Waals surface area contributed by atoms with Crippen LogP contribution in [0.5, 0.6) is 0 Å². The molecule has 0 aliphatic carbocycles. The molecule has 0 fully saturated rings. The molecular weight excluding hydrogens is 368 g/mol. The number of likely N-dealkylation sites (N-methyl/N-ethyl adjacent to an activating group) is 1. The maximum absolute atomic E-state index is 11.8. The average molecular weight is 394 g/mol. The number of hydrazine groups is 1. The SMILES string of the molecule is CC(O)[C@@H](N)C(=S)NN(C)C[C@@H](CC(N)=O)NC(=O)N[C@H](CO)C(=O)O. The van der Waals surface area contributed by atoms with Gasteiger partial charge in [-0.25, -0.2) is 14.6 Å². The van der Waals surface area contributed by atoms with Gasteiger partial charge in [0.25, 0.3) is 0 Å². The summed E-state index contributed by atoms with van der Waals surface area (Å²) in [7, 11) is 1.56. The molecule has 0 aromatic carbocycles. The predicted octanol–water partition coefficient (Wildman–Crippen LogP) is -3.55. The van der Waals surface area contributed by atoms with Crippen LogP contribution in [0, 0.1) is 0 Å². The van der Waals surface area contributed by atoms with Gasteiger partial charge in [0.05, 0.1) is 24.8 Å². The zero-order valence-electron chi connectivity index (χ0n) is 14.5. The highest BCUT2D eigenvalue weighted by molar-refractivity contribution is 7.80. The first-order chi connectivity index (χ1) is 12.0. The first-order valence-corrected chi connectivity index (χ1v) is 8.03. The second-order valence-corrected chi connectivity index (χ2v) is 6.12. The molecule has 10 N–H and O–H groups in total. The highest BCUT2D eigenvalue weighted by atomic mass is 32.1. The third-order valence-corrected chi connectivity index (χ3v) is 3.55. The number of hydrogen-bond acceptors (Lipinski definition) is 8. The fourth-order valence-corrected chi connectivity index (χ4v) is 2.19. The van der Waals surface area contributed by atoms with E-state index in [-0.39, 0.29) is 18.0 Å². The number of nitrogens with one attached hydrogen (secondary N) is 3. The van der Waals surface area contributed by atoms with Gasteiger partial charge in [0.15, 0.2) is 6.04 Å². The summed E-state index contributed by atoms with van der Waals surface area (Å²) in [5.74, 6) is -2.10. The van der Waals surface area contributed by atoms with Crippen LogP contribution in [0.4, 0.5) is 4.79 Å². The summed E-state index contributed by atoms with van der Waals surface area (Å²) >= 11 is 5.04. The van der Waals surface area contributed by atoms with Gasteiger partial charge in [-0.3, -0.25) is 4.79 Å². The largest absolute Gasteiger partial charge is 0.480 e. The number of aliphatic hydroxyl groups is 2. The van der Waals surface area contributed by atoms with E-state index >= 15 is 0 Å². The van der Waals surface area contributed by atoms with Gasteiger partial charge in [0, 0.05) is 20.0 Å². The third-order valence-electron chi connectivity index (χ3n) is 3.19. The van der Waals surface area contributed by atoms with Crippen LogP contribution in [-0.2, 0) is 9.59 Å². The highest BCUT2D eigenvalue weighted by Gasteiger charge is 2.23. The molecule has 0 aliphatic rings. The van der Waals surface area contributed by atoms with Crippen molar-refractivity contribution in [2.24, 2.45) is 11.5 Å². The number of aliphatic hydroxyl groups excluding tert-OH is 2. The molecule has 150 valence electrons. The summed E-state index contributed by atoms with van der Waals surface area (Å²) in [5.41, 5.74) is 13.6. The quantitative estimate of drug-likeness (QED) is 0.128. The summed E-state index contributed by atoms with van der Waals surface area (Å²) < 4.78 is 0. The Morgan fingerprint density at radius 1 is 1.27 bits per heavy atom. The number of carboxylic acid groups (broad SMARTS) is 1. The zero-order chi connectivity index (χ0) is 20.4. The van der Waals surface area contributed by atoms with Crippen molar-refractivity contribution >= 4 is 35.1 Å². The van der Waals surface area contributed by atoms with E-state index in [0.29, 0.717) is 0 Å². The molecule has 1 unspecified atom stereocenters. The lowest BCUT2D eigenvalue weighted by molar-refractivity contribution is -0.140. The standard InChI is InChI=1S/C13H26N6O6S/c1-6(21)10(15)11(26)18-19(2)4-7(3-9(14)22)16-13(25)17-8(5-20)12(23)24/h6-8,10,20-21H,3-5,15H2,1-2H3,(H2,14,22)(H,18,26)(H,23,24)(H2,16,17,25)/t6?,7-,8-,10-/m1/s1. The first kappa shape index (κ1) is 23.9. The van der Waals surface area contributed by atoms with Gasteiger partial charge in [-0.05, 0) is 6.92 Å². The van der Waals surface area contributed by atoms with E-state index in [2.05, 4.69) is 10.7 Å². The van der Waals surface area contributed by atoms with Gasteiger partial charge < -0.3 is 42.8 Å². The zero-order valence-corrected chi connectivity index (χ0v) is 15.3. The van der Waals surface area contributed by atoms with Crippen molar-refractivity contribution in [2.45, 2.75) is 37.6 Å². The lowest BCUT2D eigenvalue weighted by Crippen LogP contribution is -2.56. The molecule has 0 heterocycles. The molecule has 0 aliphatic heterocycles. The first-order valence-electron chi connectivity index (χ1n) is 7.62. The number of nitrogens with two attached hydrogens (primary N) is 2. The maximum Gasteiger partial charge on any atom is 0.328 e. The summed E-state index contributed by atoms with van der Waals surface area (Å²) in [6.07, 6.45) is -1.11. The Labute approximate surface area is 155 Å². The van der Waals surface area contributed by atoms with Gasteiger partial charge in [-0.15, -0.1) is 0 Å². The Morgan fingerprint density at radius 2 is 1.85 bits per heavy atom.